The van der Waals surface area contributed by atoms with Gasteiger partial charge >= 0.3 is 0 Å². The molecule has 0 amide bonds. The SMILES string of the molecule is CCC1N=C(N)N(C)C(NC)=N1. The van der Waals surface area contributed by atoms with Gasteiger partial charge in [-0.15, -0.1) is 0 Å². The molecule has 1 unspecified atom stereocenters. The number of aliphatic imine (C=N–C) groups is 2. The van der Waals surface area contributed by atoms with Crippen molar-refractivity contribution in [3.05, 3.63) is 0 Å². The molecule has 68 valence electrons. The van der Waals surface area contributed by atoms with E-state index in [9.17, 15) is 0 Å². The van der Waals surface area contributed by atoms with Gasteiger partial charge in [0, 0.05) is 14.1 Å². The van der Waals surface area contributed by atoms with E-state index >= 15 is 0 Å². The Morgan fingerprint density at radius 1 is 1.58 bits per heavy atom. The molecule has 3 N–H and O–H groups in total. The predicted octanol–water partition coefficient (Wildman–Crippen LogP) is -0.442. The summed E-state index contributed by atoms with van der Waals surface area (Å²) in [6.45, 7) is 2.03. The third kappa shape index (κ3) is 1.49. The Morgan fingerprint density at radius 3 is 2.75 bits per heavy atom. The van der Waals surface area contributed by atoms with E-state index in [1.54, 1.807) is 4.90 Å². The maximum atomic E-state index is 5.67. The van der Waals surface area contributed by atoms with Crippen molar-refractivity contribution >= 4 is 11.9 Å². The maximum absolute atomic E-state index is 5.67. The van der Waals surface area contributed by atoms with Crippen LogP contribution in [0.5, 0.6) is 0 Å². The first kappa shape index (κ1) is 8.83. The zero-order valence-electron chi connectivity index (χ0n) is 7.70. The molecule has 0 saturated carbocycles. The highest BCUT2D eigenvalue weighted by Gasteiger charge is 2.17. The molecular formula is C7H15N5. The van der Waals surface area contributed by atoms with E-state index in [1.165, 1.54) is 0 Å². The summed E-state index contributed by atoms with van der Waals surface area (Å²) in [7, 11) is 3.65. The van der Waals surface area contributed by atoms with Gasteiger partial charge in [-0.3, -0.25) is 4.90 Å². The largest absolute Gasteiger partial charge is 0.369 e. The van der Waals surface area contributed by atoms with Crippen LogP contribution in [-0.4, -0.2) is 37.1 Å². The molecule has 0 radical (unpaired) electrons. The minimum absolute atomic E-state index is 0.0244. The Labute approximate surface area is 72.4 Å². The lowest BCUT2D eigenvalue weighted by molar-refractivity contribution is 0.588. The highest BCUT2D eigenvalue weighted by Crippen LogP contribution is 2.05. The first-order chi connectivity index (χ1) is 5.69. The van der Waals surface area contributed by atoms with Crippen LogP contribution in [0.2, 0.25) is 0 Å². The van der Waals surface area contributed by atoms with E-state index in [0.717, 1.165) is 12.4 Å². The molecule has 1 atom stereocenters. The van der Waals surface area contributed by atoms with Gasteiger partial charge in [-0.25, -0.2) is 9.98 Å². The highest BCUT2D eigenvalue weighted by atomic mass is 15.4. The second-order valence-corrected chi connectivity index (χ2v) is 2.64. The Balaban J connectivity index is 2.81. The summed E-state index contributed by atoms with van der Waals surface area (Å²) in [5.74, 6) is 1.29. The van der Waals surface area contributed by atoms with E-state index in [1.807, 2.05) is 21.0 Å². The van der Waals surface area contributed by atoms with Crippen LogP contribution in [0.3, 0.4) is 0 Å². The summed E-state index contributed by atoms with van der Waals surface area (Å²) < 4.78 is 0. The number of nitrogens with two attached hydrogens (primary N) is 1. The molecule has 0 bridgehead atoms. The molecule has 1 aliphatic rings. The van der Waals surface area contributed by atoms with Gasteiger partial charge in [-0.2, -0.15) is 0 Å². The summed E-state index contributed by atoms with van der Waals surface area (Å²) >= 11 is 0. The van der Waals surface area contributed by atoms with Gasteiger partial charge in [0.1, 0.15) is 6.17 Å². The summed E-state index contributed by atoms with van der Waals surface area (Å²) in [5, 5.41) is 2.96. The van der Waals surface area contributed by atoms with Crippen molar-refractivity contribution < 1.29 is 0 Å². The van der Waals surface area contributed by atoms with E-state index in [-0.39, 0.29) is 6.17 Å². The van der Waals surface area contributed by atoms with Crippen LogP contribution in [0, 0.1) is 0 Å². The third-order valence-electron chi connectivity index (χ3n) is 1.80. The molecule has 0 saturated heterocycles. The second kappa shape index (κ2) is 3.42. The quantitative estimate of drug-likeness (QED) is 0.559. The normalized spacial score (nSPS) is 23.2. The average molecular weight is 169 g/mol. The minimum atomic E-state index is -0.0244. The minimum Gasteiger partial charge on any atom is -0.369 e. The van der Waals surface area contributed by atoms with Crippen molar-refractivity contribution in [2.75, 3.05) is 14.1 Å². The number of nitrogens with one attached hydrogen (secondary N) is 1. The molecule has 1 heterocycles. The lowest BCUT2D eigenvalue weighted by Crippen LogP contribution is -2.48. The molecule has 0 spiro atoms. The van der Waals surface area contributed by atoms with Crippen LogP contribution in [0.15, 0.2) is 9.98 Å². The summed E-state index contributed by atoms with van der Waals surface area (Å²) in [4.78, 5) is 10.2. The Kier molecular flexibility index (Phi) is 2.52. The van der Waals surface area contributed by atoms with Crippen LogP contribution in [0.1, 0.15) is 13.3 Å². The standard InChI is InChI=1S/C7H15N5/c1-4-5-10-6(8)12(3)7(9-2)11-5/h5H,4H2,1-3H3,(H2,8,10)(H,9,11). The topological polar surface area (TPSA) is 66.0 Å². The van der Waals surface area contributed by atoms with Gasteiger partial charge < -0.3 is 11.1 Å². The number of hydrogen-bond acceptors (Lipinski definition) is 5. The number of guanidine groups is 2. The van der Waals surface area contributed by atoms with Crippen molar-refractivity contribution in [1.82, 2.24) is 10.2 Å². The molecular weight excluding hydrogens is 154 g/mol. The predicted molar refractivity (Wildman–Crippen MR) is 50.0 cm³/mol. The number of rotatable bonds is 1. The van der Waals surface area contributed by atoms with E-state index in [4.69, 9.17) is 5.73 Å². The number of nitrogens with zero attached hydrogens (tertiary/aromatic N) is 3. The summed E-state index contributed by atoms with van der Waals surface area (Å²) in [6.07, 6.45) is 0.850. The molecule has 5 heteroatoms. The van der Waals surface area contributed by atoms with Crippen molar-refractivity contribution in [2.24, 2.45) is 15.7 Å². The van der Waals surface area contributed by atoms with Gasteiger partial charge in [0.05, 0.1) is 0 Å². The Morgan fingerprint density at radius 2 is 2.25 bits per heavy atom. The van der Waals surface area contributed by atoms with Crippen molar-refractivity contribution in [3.63, 3.8) is 0 Å². The highest BCUT2D eigenvalue weighted by molar-refractivity contribution is 5.98. The molecule has 0 aliphatic carbocycles. The molecule has 1 rings (SSSR count). The smallest absolute Gasteiger partial charge is 0.202 e. The van der Waals surface area contributed by atoms with Crippen LogP contribution in [0.25, 0.3) is 0 Å². The molecule has 0 aromatic heterocycles. The van der Waals surface area contributed by atoms with Gasteiger partial charge in [0.15, 0.2) is 5.96 Å². The van der Waals surface area contributed by atoms with Crippen LogP contribution >= 0.6 is 0 Å². The van der Waals surface area contributed by atoms with Crippen LogP contribution in [0.4, 0.5) is 0 Å². The van der Waals surface area contributed by atoms with Gasteiger partial charge in [-0.1, -0.05) is 6.92 Å². The fraction of sp³-hybridized carbons (Fsp3) is 0.714. The molecule has 1 aliphatic heterocycles. The fourth-order valence-electron chi connectivity index (χ4n) is 1.02. The van der Waals surface area contributed by atoms with Gasteiger partial charge in [0.2, 0.25) is 5.96 Å². The van der Waals surface area contributed by atoms with Gasteiger partial charge in [-0.05, 0) is 6.42 Å². The fourth-order valence-corrected chi connectivity index (χ4v) is 1.02. The van der Waals surface area contributed by atoms with E-state index in [0.29, 0.717) is 5.96 Å². The van der Waals surface area contributed by atoms with Crippen molar-refractivity contribution in [2.45, 2.75) is 19.5 Å². The van der Waals surface area contributed by atoms with Crippen LogP contribution < -0.4 is 11.1 Å². The second-order valence-electron chi connectivity index (χ2n) is 2.64. The Bertz CT molecular complexity index is 220. The molecule has 0 aromatic rings. The Hall–Kier alpha value is -1.26. The maximum Gasteiger partial charge on any atom is 0.202 e. The lowest BCUT2D eigenvalue weighted by atomic mass is 10.4. The monoisotopic (exact) mass is 169 g/mol. The number of hydrogen-bond donors (Lipinski definition) is 2. The average Bonchev–Trinajstić information content (AvgIpc) is 2.09. The zero-order valence-corrected chi connectivity index (χ0v) is 7.70. The molecule has 5 nitrogen and oxygen atoms in total. The molecule has 0 fully saturated rings. The zero-order chi connectivity index (χ0) is 9.14. The third-order valence-corrected chi connectivity index (χ3v) is 1.80. The first-order valence-corrected chi connectivity index (χ1v) is 4.01. The first-order valence-electron chi connectivity index (χ1n) is 4.01. The summed E-state index contributed by atoms with van der Waals surface area (Å²) in [5.41, 5.74) is 5.67. The van der Waals surface area contributed by atoms with Crippen LogP contribution in [-0.2, 0) is 0 Å². The van der Waals surface area contributed by atoms with Crippen molar-refractivity contribution in [3.8, 4) is 0 Å². The summed E-state index contributed by atoms with van der Waals surface area (Å²) in [6, 6.07) is 0. The van der Waals surface area contributed by atoms with E-state index < -0.39 is 0 Å². The van der Waals surface area contributed by atoms with Crippen molar-refractivity contribution in [1.29, 1.82) is 0 Å². The van der Waals surface area contributed by atoms with Gasteiger partial charge in [0.25, 0.3) is 0 Å². The molecule has 0 aromatic carbocycles. The molecule has 12 heavy (non-hydrogen) atoms. The lowest BCUT2D eigenvalue weighted by Gasteiger charge is -2.25. The van der Waals surface area contributed by atoms with E-state index in [2.05, 4.69) is 15.3 Å².